The number of anilines is 1. The van der Waals surface area contributed by atoms with Crippen molar-refractivity contribution in [3.05, 3.63) is 36.2 Å². The zero-order valence-corrected chi connectivity index (χ0v) is 14.7. The molecule has 0 bridgehead atoms. The minimum atomic E-state index is -1.47. The predicted octanol–water partition coefficient (Wildman–Crippen LogP) is 1.88. The van der Waals surface area contributed by atoms with Crippen molar-refractivity contribution < 1.29 is 9.18 Å². The van der Waals surface area contributed by atoms with E-state index in [1.165, 1.54) is 33.6 Å². The number of halogens is 1. The fourth-order valence-electron chi connectivity index (χ4n) is 2.35. The van der Waals surface area contributed by atoms with Gasteiger partial charge < -0.3 is 4.90 Å². The van der Waals surface area contributed by atoms with Crippen LogP contribution in [0.5, 0.6) is 0 Å². The zero-order valence-electron chi connectivity index (χ0n) is 13.9. The van der Waals surface area contributed by atoms with Crippen molar-refractivity contribution in [2.45, 2.75) is 19.1 Å². The number of hydrogen-bond donors (Lipinski definition) is 0. The predicted molar refractivity (Wildman–Crippen MR) is 96.7 cm³/mol. The average molecular weight is 342 g/mol. The number of aryl methyl sites for hydroxylation is 1. The summed E-state index contributed by atoms with van der Waals surface area (Å²) in [5.41, 5.74) is 1.64. The van der Waals surface area contributed by atoms with Crippen molar-refractivity contribution in [1.29, 1.82) is 0 Å². The number of carbonyl (C=O) groups excluding carboxylic acids is 1. The second kappa shape index (κ2) is 7.42. The highest BCUT2D eigenvalue weighted by atomic mass is 32.2. The molecule has 0 N–H and O–H groups in total. The molecule has 2 rings (SSSR count). The van der Waals surface area contributed by atoms with E-state index in [1.807, 2.05) is 13.2 Å². The third-order valence-corrected chi connectivity index (χ3v) is 4.23. The van der Waals surface area contributed by atoms with Crippen molar-refractivity contribution in [1.82, 2.24) is 14.8 Å². The number of amides is 1. The van der Waals surface area contributed by atoms with Crippen LogP contribution in [0.4, 0.5) is 10.1 Å². The molecule has 0 aliphatic heterocycles. The maximum atomic E-state index is 13.4. The molecule has 5 nitrogen and oxygen atoms in total. The second-order valence-corrected chi connectivity index (χ2v) is 6.29. The highest BCUT2D eigenvalue weighted by molar-refractivity contribution is 7.98. The molecule has 0 aromatic carbocycles. The maximum Gasteiger partial charge on any atom is 0.216 e. The van der Waals surface area contributed by atoms with E-state index in [4.69, 9.17) is 15.7 Å². The van der Waals surface area contributed by atoms with Crippen LogP contribution in [0.2, 0.25) is 5.21 Å². The van der Waals surface area contributed by atoms with Gasteiger partial charge in [-0.25, -0.2) is 9.07 Å². The Balaban J connectivity index is 2.38. The van der Waals surface area contributed by atoms with Gasteiger partial charge in [-0.1, -0.05) is 0 Å². The van der Waals surface area contributed by atoms with E-state index in [1.54, 1.807) is 13.1 Å². The molecule has 2 aromatic rings. The molecule has 0 unspecified atom stereocenters. The minimum absolute atomic E-state index is 0.295. The number of nitrogens with zero attached hydrogens (tertiary/aromatic N) is 4. The van der Waals surface area contributed by atoms with Crippen molar-refractivity contribution in [2.24, 2.45) is 0 Å². The highest BCUT2D eigenvalue weighted by Gasteiger charge is 2.32. The number of aromatic nitrogens is 3. The molecular formula is C15H17B2FN4OS. The van der Waals surface area contributed by atoms with Crippen molar-refractivity contribution in [2.75, 3.05) is 23.5 Å². The minimum Gasteiger partial charge on any atom is -0.310 e. The van der Waals surface area contributed by atoms with Crippen LogP contribution in [0.1, 0.15) is 12.6 Å². The Hall–Kier alpha value is -1.76. The zero-order chi connectivity index (χ0) is 17.9. The van der Waals surface area contributed by atoms with Crippen LogP contribution in [-0.2, 0) is 4.79 Å². The van der Waals surface area contributed by atoms with E-state index in [2.05, 4.69) is 10.1 Å². The van der Waals surface area contributed by atoms with E-state index in [-0.39, 0.29) is 5.91 Å². The lowest BCUT2D eigenvalue weighted by Crippen LogP contribution is -2.42. The van der Waals surface area contributed by atoms with Crippen LogP contribution >= 0.6 is 11.8 Å². The number of carbonyl (C=O) groups is 1. The SMILES string of the molecule is [B]C([B])(CSC)C(=O)N(CC)c1cn(-c2cncc(F)c2)nc1C. The molecule has 0 saturated carbocycles. The lowest BCUT2D eigenvalue weighted by Gasteiger charge is -2.31. The first-order chi connectivity index (χ1) is 11.3. The number of pyridine rings is 1. The Morgan fingerprint density at radius 3 is 2.75 bits per heavy atom. The Bertz CT molecular complexity index is 738. The normalized spacial score (nSPS) is 11.5. The summed E-state index contributed by atoms with van der Waals surface area (Å²) in [5.74, 6) is -0.559. The van der Waals surface area contributed by atoms with Gasteiger partial charge in [-0.2, -0.15) is 16.9 Å². The summed E-state index contributed by atoms with van der Waals surface area (Å²) in [5, 5.41) is 2.86. The van der Waals surface area contributed by atoms with Crippen LogP contribution in [0.15, 0.2) is 24.7 Å². The van der Waals surface area contributed by atoms with Crippen molar-refractivity contribution >= 4 is 39.0 Å². The Labute approximate surface area is 147 Å². The summed E-state index contributed by atoms with van der Waals surface area (Å²) in [6, 6.07) is 1.31. The highest BCUT2D eigenvalue weighted by Crippen LogP contribution is 2.29. The van der Waals surface area contributed by atoms with Gasteiger partial charge in [0.05, 0.1) is 51.4 Å². The molecule has 0 atom stereocenters. The fourth-order valence-corrected chi connectivity index (χ4v) is 2.95. The van der Waals surface area contributed by atoms with Gasteiger partial charge in [0.1, 0.15) is 5.82 Å². The Morgan fingerprint density at radius 2 is 2.17 bits per heavy atom. The lowest BCUT2D eigenvalue weighted by molar-refractivity contribution is -0.119. The van der Waals surface area contributed by atoms with E-state index >= 15 is 0 Å². The molecule has 9 heteroatoms. The van der Waals surface area contributed by atoms with E-state index in [0.29, 0.717) is 29.4 Å². The summed E-state index contributed by atoms with van der Waals surface area (Å²) in [6.07, 6.45) is 6.07. The molecule has 0 aliphatic rings. The molecule has 1 amide bonds. The first kappa shape index (κ1) is 18.6. The van der Waals surface area contributed by atoms with Gasteiger partial charge in [0.15, 0.2) is 0 Å². The van der Waals surface area contributed by atoms with Crippen LogP contribution < -0.4 is 4.90 Å². The van der Waals surface area contributed by atoms with Gasteiger partial charge in [-0.05, 0) is 31.1 Å². The third kappa shape index (κ3) is 3.83. The monoisotopic (exact) mass is 342 g/mol. The van der Waals surface area contributed by atoms with Crippen LogP contribution in [0.3, 0.4) is 0 Å². The fraction of sp³-hybridized carbons (Fsp3) is 0.400. The van der Waals surface area contributed by atoms with Gasteiger partial charge in [-0.3, -0.25) is 9.78 Å². The molecule has 0 saturated heterocycles. The van der Waals surface area contributed by atoms with Gasteiger partial charge >= 0.3 is 0 Å². The smallest absolute Gasteiger partial charge is 0.216 e. The first-order valence-corrected chi connectivity index (χ1v) is 8.75. The summed E-state index contributed by atoms with van der Waals surface area (Å²) in [7, 11) is 11.9. The lowest BCUT2D eigenvalue weighted by atomic mass is 9.55. The maximum absolute atomic E-state index is 13.4. The third-order valence-electron chi connectivity index (χ3n) is 3.46. The summed E-state index contributed by atoms with van der Waals surface area (Å²) >= 11 is 1.40. The van der Waals surface area contributed by atoms with Crippen molar-refractivity contribution in [3.8, 4) is 5.69 Å². The topological polar surface area (TPSA) is 51.0 Å². The first-order valence-electron chi connectivity index (χ1n) is 7.36. The Kier molecular flexibility index (Phi) is 5.74. The Morgan fingerprint density at radius 1 is 1.46 bits per heavy atom. The molecule has 0 spiro atoms. The summed E-state index contributed by atoms with van der Waals surface area (Å²) < 4.78 is 14.8. The van der Waals surface area contributed by atoms with Crippen LogP contribution in [0, 0.1) is 12.7 Å². The molecule has 122 valence electrons. The molecule has 2 aromatic heterocycles. The van der Waals surface area contributed by atoms with Gasteiger partial charge in [0.2, 0.25) is 5.91 Å². The number of hydrogen-bond acceptors (Lipinski definition) is 4. The molecule has 2 heterocycles. The average Bonchev–Trinajstić information content (AvgIpc) is 2.90. The molecule has 24 heavy (non-hydrogen) atoms. The summed E-state index contributed by atoms with van der Waals surface area (Å²) in [4.78, 5) is 18.0. The molecular weight excluding hydrogens is 325 g/mol. The standard InChI is InChI=1S/C15H17B2FN4OS/c1-4-21(14(23)15(16,17)9-24-3)13-8-22(20-10(13)2)12-5-11(18)6-19-7-12/h5-8H,4,9H2,1-3H3. The number of thioether (sulfide) groups is 1. The summed E-state index contributed by atoms with van der Waals surface area (Å²) in [6.45, 7) is 3.97. The van der Waals surface area contributed by atoms with E-state index in [9.17, 15) is 9.18 Å². The van der Waals surface area contributed by atoms with Gasteiger partial charge in [0, 0.05) is 12.6 Å². The second-order valence-electron chi connectivity index (χ2n) is 5.43. The van der Waals surface area contributed by atoms with Gasteiger partial charge in [0.25, 0.3) is 0 Å². The largest absolute Gasteiger partial charge is 0.310 e. The van der Waals surface area contributed by atoms with E-state index in [0.717, 1.165) is 6.20 Å². The quantitative estimate of drug-likeness (QED) is 0.753. The number of rotatable bonds is 6. The van der Waals surface area contributed by atoms with Gasteiger partial charge in [-0.15, -0.1) is 0 Å². The van der Waals surface area contributed by atoms with Crippen molar-refractivity contribution in [3.63, 3.8) is 0 Å². The van der Waals surface area contributed by atoms with Crippen LogP contribution in [-0.4, -0.2) is 54.9 Å². The van der Waals surface area contributed by atoms with Crippen LogP contribution in [0.25, 0.3) is 5.69 Å². The molecule has 0 fully saturated rings. The van der Waals surface area contributed by atoms with E-state index < -0.39 is 11.0 Å². The molecule has 4 radical (unpaired) electrons. The molecule has 0 aliphatic carbocycles.